The third kappa shape index (κ3) is 2.63. The van der Waals surface area contributed by atoms with Crippen molar-refractivity contribution in [1.29, 1.82) is 0 Å². The Bertz CT molecular complexity index is 610. The van der Waals surface area contributed by atoms with Crippen LogP contribution in [0, 0.1) is 0 Å². The number of phenolic OH excluding ortho intramolecular Hbond substituents is 1. The minimum Gasteiger partial charge on any atom is -0.508 e. The van der Waals surface area contributed by atoms with Gasteiger partial charge in [0.2, 0.25) is 0 Å². The summed E-state index contributed by atoms with van der Waals surface area (Å²) in [5.74, 6) is 1.36. The van der Waals surface area contributed by atoms with Gasteiger partial charge in [0.05, 0.1) is 6.61 Å². The van der Waals surface area contributed by atoms with Gasteiger partial charge >= 0.3 is 0 Å². The van der Waals surface area contributed by atoms with Crippen molar-refractivity contribution in [3.05, 3.63) is 59.2 Å². The second-order valence-electron chi connectivity index (χ2n) is 5.20. The lowest BCUT2D eigenvalue weighted by atomic mass is 10.0. The van der Waals surface area contributed by atoms with Gasteiger partial charge in [0.1, 0.15) is 11.5 Å². The van der Waals surface area contributed by atoms with Crippen LogP contribution >= 0.6 is 0 Å². The molecule has 0 bridgehead atoms. The summed E-state index contributed by atoms with van der Waals surface area (Å²) in [6.45, 7) is 3.58. The Kier molecular flexibility index (Phi) is 3.61. The van der Waals surface area contributed by atoms with Crippen LogP contribution in [-0.4, -0.2) is 11.7 Å². The molecule has 20 heavy (non-hydrogen) atoms. The monoisotopic (exact) mass is 269 g/mol. The smallest absolute Gasteiger partial charge is 0.122 e. The third-order valence-corrected chi connectivity index (χ3v) is 3.80. The highest BCUT2D eigenvalue weighted by Crippen LogP contribution is 2.28. The maximum Gasteiger partial charge on any atom is 0.122 e. The van der Waals surface area contributed by atoms with Crippen molar-refractivity contribution in [3.63, 3.8) is 0 Å². The van der Waals surface area contributed by atoms with Crippen molar-refractivity contribution >= 4 is 0 Å². The molecule has 0 saturated heterocycles. The molecule has 1 atom stereocenters. The summed E-state index contributed by atoms with van der Waals surface area (Å²) in [4.78, 5) is 0. The minimum atomic E-state index is 0.237. The topological polar surface area (TPSA) is 41.5 Å². The van der Waals surface area contributed by atoms with Crippen LogP contribution in [0.3, 0.4) is 0 Å². The zero-order valence-corrected chi connectivity index (χ0v) is 11.6. The Labute approximate surface area is 119 Å². The highest BCUT2D eigenvalue weighted by atomic mass is 16.5. The van der Waals surface area contributed by atoms with Crippen LogP contribution in [0.5, 0.6) is 11.5 Å². The van der Waals surface area contributed by atoms with Crippen LogP contribution in [-0.2, 0) is 13.0 Å². The molecule has 1 aliphatic heterocycles. The molecule has 3 rings (SSSR count). The zero-order chi connectivity index (χ0) is 13.9. The van der Waals surface area contributed by atoms with E-state index in [0.717, 1.165) is 24.3 Å². The SMILES string of the molecule is CC(NCc1ccccc1O)c1ccc2c(c1)CCO2. The number of ether oxygens (including phenoxy) is 1. The van der Waals surface area contributed by atoms with Crippen molar-refractivity contribution in [3.8, 4) is 11.5 Å². The Morgan fingerprint density at radius 1 is 1.25 bits per heavy atom. The van der Waals surface area contributed by atoms with Gasteiger partial charge in [-0.05, 0) is 30.2 Å². The van der Waals surface area contributed by atoms with Crippen molar-refractivity contribution in [2.45, 2.75) is 25.9 Å². The van der Waals surface area contributed by atoms with Crippen molar-refractivity contribution in [1.82, 2.24) is 5.32 Å². The quantitative estimate of drug-likeness (QED) is 0.895. The van der Waals surface area contributed by atoms with Crippen molar-refractivity contribution in [2.75, 3.05) is 6.61 Å². The van der Waals surface area contributed by atoms with E-state index in [0.29, 0.717) is 12.3 Å². The molecule has 1 heterocycles. The minimum absolute atomic E-state index is 0.237. The van der Waals surface area contributed by atoms with Crippen LogP contribution < -0.4 is 10.1 Å². The molecule has 1 unspecified atom stereocenters. The van der Waals surface area contributed by atoms with Crippen LogP contribution in [0.1, 0.15) is 29.7 Å². The molecule has 2 N–H and O–H groups in total. The highest BCUT2D eigenvalue weighted by molar-refractivity contribution is 5.40. The van der Waals surface area contributed by atoms with Crippen molar-refractivity contribution in [2.24, 2.45) is 0 Å². The fourth-order valence-corrected chi connectivity index (χ4v) is 2.52. The van der Waals surface area contributed by atoms with Gasteiger partial charge in [-0.25, -0.2) is 0 Å². The van der Waals surface area contributed by atoms with E-state index in [4.69, 9.17) is 4.74 Å². The van der Waals surface area contributed by atoms with Gasteiger partial charge in [0, 0.05) is 24.6 Å². The Morgan fingerprint density at radius 3 is 2.95 bits per heavy atom. The molecule has 1 aliphatic rings. The molecule has 3 heteroatoms. The Balaban J connectivity index is 1.67. The highest BCUT2D eigenvalue weighted by Gasteiger charge is 2.14. The second kappa shape index (κ2) is 5.55. The maximum atomic E-state index is 9.76. The third-order valence-electron chi connectivity index (χ3n) is 3.80. The van der Waals surface area contributed by atoms with E-state index in [9.17, 15) is 5.11 Å². The predicted octanol–water partition coefficient (Wildman–Crippen LogP) is 3.18. The van der Waals surface area contributed by atoms with Gasteiger partial charge in [0.25, 0.3) is 0 Å². The van der Waals surface area contributed by atoms with E-state index in [-0.39, 0.29) is 6.04 Å². The number of para-hydroxylation sites is 1. The molecule has 0 radical (unpaired) electrons. The Hall–Kier alpha value is -2.00. The fraction of sp³-hybridized carbons (Fsp3) is 0.294. The first-order valence-electron chi connectivity index (χ1n) is 7.00. The van der Waals surface area contributed by atoms with E-state index in [1.54, 1.807) is 6.07 Å². The van der Waals surface area contributed by atoms with Crippen molar-refractivity contribution < 1.29 is 9.84 Å². The predicted molar refractivity (Wildman–Crippen MR) is 79.0 cm³/mol. The average molecular weight is 269 g/mol. The molecule has 0 spiro atoms. The molecule has 0 amide bonds. The average Bonchev–Trinajstić information content (AvgIpc) is 2.93. The summed E-state index contributed by atoms with van der Waals surface area (Å²) in [7, 11) is 0. The summed E-state index contributed by atoms with van der Waals surface area (Å²) in [5, 5.41) is 13.2. The largest absolute Gasteiger partial charge is 0.508 e. The van der Waals surface area contributed by atoms with Gasteiger partial charge < -0.3 is 15.2 Å². The number of phenols is 1. The van der Waals surface area contributed by atoms with Crippen LogP contribution in [0.25, 0.3) is 0 Å². The lowest BCUT2D eigenvalue weighted by Gasteiger charge is -2.15. The number of nitrogens with one attached hydrogen (secondary N) is 1. The number of hydrogen-bond donors (Lipinski definition) is 2. The number of aromatic hydroxyl groups is 1. The molecular formula is C17H19NO2. The van der Waals surface area contributed by atoms with E-state index in [1.807, 2.05) is 18.2 Å². The molecule has 0 aliphatic carbocycles. The van der Waals surface area contributed by atoms with E-state index < -0.39 is 0 Å². The van der Waals surface area contributed by atoms with Gasteiger partial charge in [0.15, 0.2) is 0 Å². The maximum absolute atomic E-state index is 9.76. The van der Waals surface area contributed by atoms with Gasteiger partial charge in [-0.2, -0.15) is 0 Å². The molecule has 2 aromatic carbocycles. The van der Waals surface area contributed by atoms with Gasteiger partial charge in [-0.3, -0.25) is 0 Å². The number of hydrogen-bond acceptors (Lipinski definition) is 3. The van der Waals surface area contributed by atoms with Crippen LogP contribution in [0.15, 0.2) is 42.5 Å². The van der Waals surface area contributed by atoms with Crippen LogP contribution in [0.2, 0.25) is 0 Å². The molecule has 0 fully saturated rings. The molecule has 0 aromatic heterocycles. The molecular weight excluding hydrogens is 250 g/mol. The lowest BCUT2D eigenvalue weighted by Crippen LogP contribution is -2.18. The molecule has 2 aromatic rings. The summed E-state index contributed by atoms with van der Waals surface area (Å²) >= 11 is 0. The Morgan fingerprint density at radius 2 is 2.10 bits per heavy atom. The summed E-state index contributed by atoms with van der Waals surface area (Å²) in [6, 6.07) is 14.0. The number of benzene rings is 2. The number of fused-ring (bicyclic) bond motifs is 1. The van der Waals surface area contributed by atoms with E-state index in [2.05, 4.69) is 30.4 Å². The second-order valence-corrected chi connectivity index (χ2v) is 5.20. The van der Waals surface area contributed by atoms with Gasteiger partial charge in [-0.1, -0.05) is 30.3 Å². The summed E-state index contributed by atoms with van der Waals surface area (Å²) in [6.07, 6.45) is 0.995. The normalized spacial score (nSPS) is 14.7. The standard InChI is InChI=1S/C17H19NO2/c1-12(18-11-15-4-2-3-5-16(15)19)13-6-7-17-14(10-13)8-9-20-17/h2-7,10,12,18-19H,8-9,11H2,1H3. The molecule has 104 valence electrons. The summed E-state index contributed by atoms with van der Waals surface area (Å²) in [5.41, 5.74) is 3.47. The van der Waals surface area contributed by atoms with E-state index in [1.165, 1.54) is 11.1 Å². The first-order valence-corrected chi connectivity index (χ1v) is 7.00. The first kappa shape index (κ1) is 13.0. The van der Waals surface area contributed by atoms with Crippen LogP contribution in [0.4, 0.5) is 0 Å². The fourth-order valence-electron chi connectivity index (χ4n) is 2.52. The zero-order valence-electron chi connectivity index (χ0n) is 11.6. The van der Waals surface area contributed by atoms with Gasteiger partial charge in [-0.15, -0.1) is 0 Å². The molecule has 3 nitrogen and oxygen atoms in total. The first-order chi connectivity index (χ1) is 9.74. The molecule has 0 saturated carbocycles. The van der Waals surface area contributed by atoms with E-state index >= 15 is 0 Å². The summed E-state index contributed by atoms with van der Waals surface area (Å²) < 4.78 is 5.52. The number of rotatable bonds is 4. The lowest BCUT2D eigenvalue weighted by molar-refractivity contribution is 0.356.